The molecule has 0 radical (unpaired) electrons. The van der Waals surface area contributed by atoms with E-state index in [1.807, 2.05) is 18.2 Å². The summed E-state index contributed by atoms with van der Waals surface area (Å²) in [7, 11) is 0. The Labute approximate surface area is 108 Å². The van der Waals surface area contributed by atoms with Gasteiger partial charge in [0.25, 0.3) is 0 Å². The second-order valence-electron chi connectivity index (χ2n) is 3.61. The molecule has 4 nitrogen and oxygen atoms in total. The van der Waals surface area contributed by atoms with Gasteiger partial charge in [-0.3, -0.25) is 0 Å². The van der Waals surface area contributed by atoms with E-state index in [-0.39, 0.29) is 12.4 Å². The molecule has 0 amide bonds. The van der Waals surface area contributed by atoms with Crippen molar-refractivity contribution in [2.45, 2.75) is 6.92 Å². The lowest BCUT2D eigenvalue weighted by atomic mass is 10.3. The van der Waals surface area contributed by atoms with Crippen molar-refractivity contribution in [3.8, 4) is 17.2 Å². The van der Waals surface area contributed by atoms with Crippen molar-refractivity contribution in [1.82, 2.24) is 0 Å². The van der Waals surface area contributed by atoms with E-state index in [0.717, 1.165) is 30.3 Å². The molecule has 0 spiro atoms. The molecule has 1 aliphatic rings. The van der Waals surface area contributed by atoms with Gasteiger partial charge in [-0.05, 0) is 19.1 Å². The number of benzene rings is 1. The van der Waals surface area contributed by atoms with Crippen LogP contribution in [0.25, 0.3) is 0 Å². The monoisotopic (exact) mass is 259 g/mol. The van der Waals surface area contributed by atoms with Crippen LogP contribution in [-0.2, 0) is 0 Å². The third kappa shape index (κ3) is 3.68. The minimum Gasteiger partial charge on any atom is -1.00 e. The number of halogens is 1. The number of rotatable bonds is 5. The van der Waals surface area contributed by atoms with Gasteiger partial charge in [0.15, 0.2) is 11.5 Å². The molecule has 0 fully saturated rings. The van der Waals surface area contributed by atoms with Crippen LogP contribution in [0.4, 0.5) is 0 Å². The van der Waals surface area contributed by atoms with Crippen molar-refractivity contribution in [3.63, 3.8) is 0 Å². The quantitative estimate of drug-likeness (QED) is 0.591. The normalized spacial score (nSPS) is 12.8. The Morgan fingerprint density at radius 1 is 1.29 bits per heavy atom. The van der Waals surface area contributed by atoms with Crippen molar-refractivity contribution in [2.24, 2.45) is 0 Å². The molecular formula is C12H18ClNO3. The van der Waals surface area contributed by atoms with Gasteiger partial charge in [0.05, 0.1) is 6.54 Å². The Bertz CT molecular complexity index is 347. The fourth-order valence-corrected chi connectivity index (χ4v) is 1.62. The van der Waals surface area contributed by atoms with Crippen molar-refractivity contribution in [2.75, 3.05) is 32.9 Å². The summed E-state index contributed by atoms with van der Waals surface area (Å²) < 4.78 is 16.7. The number of quaternary nitrogens is 1. The smallest absolute Gasteiger partial charge is 0.203 e. The van der Waals surface area contributed by atoms with Gasteiger partial charge in [0.1, 0.15) is 26.4 Å². The number of fused-ring (bicyclic) bond motifs is 1. The second-order valence-corrected chi connectivity index (χ2v) is 3.61. The molecule has 0 aromatic heterocycles. The molecule has 2 N–H and O–H groups in total. The zero-order valence-corrected chi connectivity index (χ0v) is 10.7. The van der Waals surface area contributed by atoms with Crippen LogP contribution >= 0.6 is 0 Å². The molecule has 2 rings (SSSR count). The minimum atomic E-state index is 0. The average molecular weight is 260 g/mol. The number of hydrogen-bond acceptors (Lipinski definition) is 3. The Hall–Kier alpha value is -1.13. The maximum Gasteiger partial charge on any atom is 0.203 e. The first-order valence-electron chi connectivity index (χ1n) is 5.75. The summed E-state index contributed by atoms with van der Waals surface area (Å²) >= 11 is 0. The van der Waals surface area contributed by atoms with Crippen molar-refractivity contribution in [3.05, 3.63) is 18.2 Å². The molecule has 5 heteroatoms. The molecule has 1 aliphatic heterocycles. The molecule has 17 heavy (non-hydrogen) atoms. The van der Waals surface area contributed by atoms with Gasteiger partial charge >= 0.3 is 0 Å². The van der Waals surface area contributed by atoms with Gasteiger partial charge in [0.2, 0.25) is 5.75 Å². The third-order valence-corrected chi connectivity index (χ3v) is 2.40. The number of ether oxygens (including phenoxy) is 3. The average Bonchev–Trinajstić information content (AvgIpc) is 2.35. The van der Waals surface area contributed by atoms with E-state index in [0.29, 0.717) is 19.8 Å². The second kappa shape index (κ2) is 7.25. The van der Waals surface area contributed by atoms with Crippen molar-refractivity contribution in [1.29, 1.82) is 0 Å². The largest absolute Gasteiger partial charge is 1.00 e. The predicted octanol–water partition coefficient (Wildman–Crippen LogP) is -2.58. The Morgan fingerprint density at radius 3 is 2.94 bits per heavy atom. The van der Waals surface area contributed by atoms with Crippen LogP contribution in [0.2, 0.25) is 0 Å². The molecule has 1 aromatic rings. The molecule has 0 unspecified atom stereocenters. The number of hydrogen-bond donors (Lipinski definition) is 1. The molecule has 0 atom stereocenters. The van der Waals surface area contributed by atoms with Crippen LogP contribution in [-0.4, -0.2) is 32.9 Å². The molecule has 1 aromatic carbocycles. The summed E-state index contributed by atoms with van der Waals surface area (Å²) in [5.41, 5.74) is 0. The molecular weight excluding hydrogens is 242 g/mol. The summed E-state index contributed by atoms with van der Waals surface area (Å²) in [6.45, 7) is 6.06. The third-order valence-electron chi connectivity index (χ3n) is 2.40. The van der Waals surface area contributed by atoms with Gasteiger partial charge in [-0.2, -0.15) is 0 Å². The zero-order valence-electron chi connectivity index (χ0n) is 9.95. The lowest BCUT2D eigenvalue weighted by Gasteiger charge is -2.20. The Balaban J connectivity index is 0.00000144. The molecule has 0 bridgehead atoms. The molecule has 0 aliphatic carbocycles. The van der Waals surface area contributed by atoms with Crippen LogP contribution in [0.3, 0.4) is 0 Å². The summed E-state index contributed by atoms with van der Waals surface area (Å²) in [5, 5.41) is 2.20. The number of likely N-dealkylation sites (N-methyl/N-ethyl adjacent to an activating group) is 1. The molecule has 1 heterocycles. The number of para-hydroxylation sites is 1. The zero-order chi connectivity index (χ0) is 11.2. The first-order chi connectivity index (χ1) is 7.92. The molecule has 96 valence electrons. The van der Waals surface area contributed by atoms with E-state index in [9.17, 15) is 0 Å². The first-order valence-corrected chi connectivity index (χ1v) is 5.75. The standard InChI is InChI=1S/C12H17NO3.ClH/c1-2-13-6-7-14-10-4-3-5-11-12(10)16-9-8-15-11;/h3-5,13H,2,6-9H2,1H3;1H. The van der Waals surface area contributed by atoms with Crippen LogP contribution in [0.15, 0.2) is 18.2 Å². The highest BCUT2D eigenvalue weighted by molar-refractivity contribution is 5.51. The van der Waals surface area contributed by atoms with E-state index in [1.54, 1.807) is 0 Å². The lowest BCUT2D eigenvalue weighted by molar-refractivity contribution is -0.652. The number of nitrogens with two attached hydrogens (primary N) is 1. The summed E-state index contributed by atoms with van der Waals surface area (Å²) in [6, 6.07) is 5.74. The summed E-state index contributed by atoms with van der Waals surface area (Å²) in [5.74, 6) is 2.30. The SMILES string of the molecule is CC[NH2+]CCOc1cccc2c1OCCO2.[Cl-]. The first kappa shape index (κ1) is 13.9. The minimum absolute atomic E-state index is 0. The van der Waals surface area contributed by atoms with E-state index < -0.39 is 0 Å². The van der Waals surface area contributed by atoms with E-state index in [4.69, 9.17) is 14.2 Å². The summed E-state index contributed by atoms with van der Waals surface area (Å²) in [4.78, 5) is 0. The van der Waals surface area contributed by atoms with Gasteiger partial charge in [-0.15, -0.1) is 0 Å². The van der Waals surface area contributed by atoms with Crippen molar-refractivity contribution >= 4 is 0 Å². The topological polar surface area (TPSA) is 44.3 Å². The lowest BCUT2D eigenvalue weighted by Crippen LogP contribution is -3.00. The Kier molecular flexibility index (Phi) is 5.94. The maximum absolute atomic E-state index is 5.67. The van der Waals surface area contributed by atoms with E-state index >= 15 is 0 Å². The van der Waals surface area contributed by atoms with E-state index in [2.05, 4.69) is 12.2 Å². The van der Waals surface area contributed by atoms with Crippen molar-refractivity contribution < 1.29 is 31.9 Å². The maximum atomic E-state index is 5.67. The van der Waals surface area contributed by atoms with Crippen LogP contribution in [0.5, 0.6) is 17.2 Å². The fraction of sp³-hybridized carbons (Fsp3) is 0.500. The van der Waals surface area contributed by atoms with Crippen LogP contribution < -0.4 is 31.9 Å². The van der Waals surface area contributed by atoms with Gasteiger partial charge in [0, 0.05) is 0 Å². The highest BCUT2D eigenvalue weighted by Crippen LogP contribution is 2.38. The van der Waals surface area contributed by atoms with Crippen LogP contribution in [0, 0.1) is 0 Å². The van der Waals surface area contributed by atoms with Crippen LogP contribution in [0.1, 0.15) is 6.92 Å². The van der Waals surface area contributed by atoms with Gasteiger partial charge in [-0.25, -0.2) is 0 Å². The van der Waals surface area contributed by atoms with Gasteiger partial charge in [-0.1, -0.05) is 6.07 Å². The summed E-state index contributed by atoms with van der Waals surface area (Å²) in [6.07, 6.45) is 0. The fourth-order valence-electron chi connectivity index (χ4n) is 1.62. The highest BCUT2D eigenvalue weighted by Gasteiger charge is 2.16. The van der Waals surface area contributed by atoms with E-state index in [1.165, 1.54) is 0 Å². The molecule has 0 saturated heterocycles. The predicted molar refractivity (Wildman–Crippen MR) is 60.3 cm³/mol. The molecule has 0 saturated carbocycles. The Morgan fingerprint density at radius 2 is 2.12 bits per heavy atom. The highest BCUT2D eigenvalue weighted by atomic mass is 35.5. The van der Waals surface area contributed by atoms with Gasteiger partial charge < -0.3 is 31.9 Å².